The third kappa shape index (κ3) is 4.30. The highest BCUT2D eigenvalue weighted by Gasteiger charge is 2.75. The number of fused-ring (bicyclic) bond motifs is 1. The number of hydrogen-bond acceptors (Lipinski definition) is 5. The van der Waals surface area contributed by atoms with Gasteiger partial charge in [-0.05, 0) is 45.2 Å². The Kier molecular flexibility index (Phi) is 7.90. The molecule has 3 fully saturated rings. The highest BCUT2D eigenvalue weighted by atomic mass is 16.5. The molecule has 1 aromatic carbocycles. The van der Waals surface area contributed by atoms with E-state index < -0.39 is 35.6 Å². The van der Waals surface area contributed by atoms with E-state index in [1.807, 2.05) is 51.1 Å². The predicted octanol–water partition coefficient (Wildman–Crippen LogP) is 2.77. The molecule has 3 saturated heterocycles. The summed E-state index contributed by atoms with van der Waals surface area (Å²) in [6.45, 7) is 13.7. The standard InChI is InChI=1S/C29H39N3O5/c1-6-16-30(19(4)5)28(36)25-29-15-14-22(37-29)23(24(29)27(35)32(25)20(8-3)18-33)26(34)31(17-7-2)21-12-10-9-11-13-21/h6-7,9-13,19-20,22-25,33H,1-2,8,14-18H2,3-5H3/t20-,22+,23-,24-,25?,29?/m0/s1. The summed E-state index contributed by atoms with van der Waals surface area (Å²) in [5.41, 5.74) is -0.384. The van der Waals surface area contributed by atoms with Crippen LogP contribution in [0, 0.1) is 11.8 Å². The summed E-state index contributed by atoms with van der Waals surface area (Å²) in [6.07, 6.45) is 4.47. The topological polar surface area (TPSA) is 90.4 Å². The number of rotatable bonds is 11. The second kappa shape index (κ2) is 10.8. The van der Waals surface area contributed by atoms with E-state index in [1.54, 1.807) is 22.0 Å². The van der Waals surface area contributed by atoms with Crippen molar-refractivity contribution in [3.05, 3.63) is 55.6 Å². The van der Waals surface area contributed by atoms with E-state index in [0.717, 1.165) is 5.69 Å². The quantitative estimate of drug-likeness (QED) is 0.464. The van der Waals surface area contributed by atoms with Gasteiger partial charge in [-0.2, -0.15) is 0 Å². The van der Waals surface area contributed by atoms with Crippen molar-refractivity contribution in [2.24, 2.45) is 11.8 Å². The van der Waals surface area contributed by atoms with E-state index in [2.05, 4.69) is 13.2 Å². The van der Waals surface area contributed by atoms with Gasteiger partial charge in [0.15, 0.2) is 0 Å². The van der Waals surface area contributed by atoms with Crippen LogP contribution in [0.3, 0.4) is 0 Å². The van der Waals surface area contributed by atoms with Crippen LogP contribution in [0.25, 0.3) is 0 Å². The predicted molar refractivity (Wildman–Crippen MR) is 142 cm³/mol. The van der Waals surface area contributed by atoms with Crippen molar-refractivity contribution in [3.8, 4) is 0 Å². The van der Waals surface area contributed by atoms with E-state index in [9.17, 15) is 19.5 Å². The minimum atomic E-state index is -1.10. The SMILES string of the molecule is C=CCN(C(=O)[C@@H]1[C@H]2C(=O)N([C@@H](CC)CO)C(C(=O)N(CC=C)C(C)C)C23CC[C@H]1O3)c1ccccc1. The van der Waals surface area contributed by atoms with Crippen LogP contribution >= 0.6 is 0 Å². The average molecular weight is 510 g/mol. The number of nitrogens with zero attached hydrogens (tertiary/aromatic N) is 3. The normalized spacial score (nSPS) is 28.8. The zero-order chi connectivity index (χ0) is 26.9. The summed E-state index contributed by atoms with van der Waals surface area (Å²) in [7, 11) is 0. The number of aliphatic hydroxyl groups excluding tert-OH is 1. The molecular formula is C29H39N3O5. The number of carbonyl (C=O) groups is 3. The van der Waals surface area contributed by atoms with Crippen LogP contribution in [0.2, 0.25) is 0 Å². The highest BCUT2D eigenvalue weighted by molar-refractivity contribution is 6.03. The summed E-state index contributed by atoms with van der Waals surface area (Å²) < 4.78 is 6.57. The molecule has 3 amide bonds. The molecular weight excluding hydrogens is 470 g/mol. The molecule has 4 rings (SSSR count). The van der Waals surface area contributed by atoms with Gasteiger partial charge in [-0.3, -0.25) is 14.4 Å². The van der Waals surface area contributed by atoms with Crippen molar-refractivity contribution < 1.29 is 24.2 Å². The first kappa shape index (κ1) is 27.1. The fraction of sp³-hybridized carbons (Fsp3) is 0.552. The molecule has 8 heteroatoms. The Labute approximate surface area is 219 Å². The zero-order valence-corrected chi connectivity index (χ0v) is 22.1. The lowest BCUT2D eigenvalue weighted by molar-refractivity contribution is -0.152. The van der Waals surface area contributed by atoms with Gasteiger partial charge in [0.25, 0.3) is 0 Å². The van der Waals surface area contributed by atoms with Gasteiger partial charge in [0.1, 0.15) is 11.6 Å². The fourth-order valence-electron chi connectivity index (χ4n) is 6.55. The monoisotopic (exact) mass is 509 g/mol. The molecule has 1 N–H and O–H groups in total. The lowest BCUT2D eigenvalue weighted by atomic mass is 9.70. The second-order valence-electron chi connectivity index (χ2n) is 10.5. The second-order valence-corrected chi connectivity index (χ2v) is 10.5. The van der Waals surface area contributed by atoms with Crippen molar-refractivity contribution in [1.82, 2.24) is 9.80 Å². The third-order valence-corrected chi connectivity index (χ3v) is 8.21. The van der Waals surface area contributed by atoms with E-state index in [0.29, 0.717) is 32.4 Å². The number of hydrogen-bond donors (Lipinski definition) is 1. The minimum Gasteiger partial charge on any atom is -0.394 e. The first-order chi connectivity index (χ1) is 17.8. The van der Waals surface area contributed by atoms with Crippen LogP contribution in [0.1, 0.15) is 40.0 Å². The van der Waals surface area contributed by atoms with E-state index in [1.165, 1.54) is 4.90 Å². The van der Waals surface area contributed by atoms with E-state index in [-0.39, 0.29) is 30.4 Å². The molecule has 3 aliphatic heterocycles. The Hall–Kier alpha value is -2.97. The van der Waals surface area contributed by atoms with Crippen LogP contribution < -0.4 is 4.90 Å². The fourth-order valence-corrected chi connectivity index (χ4v) is 6.55. The molecule has 3 aliphatic rings. The van der Waals surface area contributed by atoms with E-state index >= 15 is 0 Å². The number of aliphatic hydroxyl groups is 1. The lowest BCUT2D eigenvalue weighted by Crippen LogP contribution is -2.59. The molecule has 0 saturated carbocycles. The number of carbonyl (C=O) groups excluding carboxylic acids is 3. The molecule has 0 radical (unpaired) electrons. The Morgan fingerprint density at radius 2 is 1.86 bits per heavy atom. The average Bonchev–Trinajstić information content (AvgIpc) is 3.54. The molecule has 3 heterocycles. The maximum Gasteiger partial charge on any atom is 0.248 e. The summed E-state index contributed by atoms with van der Waals surface area (Å²) >= 11 is 0. The Morgan fingerprint density at radius 3 is 2.43 bits per heavy atom. The van der Waals surface area contributed by atoms with Gasteiger partial charge in [0.05, 0.1) is 30.6 Å². The van der Waals surface area contributed by atoms with Gasteiger partial charge in [0.2, 0.25) is 17.7 Å². The highest BCUT2D eigenvalue weighted by Crippen LogP contribution is 2.59. The van der Waals surface area contributed by atoms with Crippen molar-refractivity contribution in [1.29, 1.82) is 0 Å². The molecule has 200 valence electrons. The van der Waals surface area contributed by atoms with Crippen LogP contribution in [0.5, 0.6) is 0 Å². The summed E-state index contributed by atoms with van der Waals surface area (Å²) in [4.78, 5) is 47.3. The maximum atomic E-state index is 14.2. The van der Waals surface area contributed by atoms with Gasteiger partial charge in [-0.25, -0.2) is 0 Å². The van der Waals surface area contributed by atoms with Crippen LogP contribution in [-0.4, -0.2) is 82.2 Å². The smallest absolute Gasteiger partial charge is 0.248 e. The first-order valence-electron chi connectivity index (χ1n) is 13.3. The van der Waals surface area contributed by atoms with E-state index in [4.69, 9.17) is 4.74 Å². The number of anilines is 1. The largest absolute Gasteiger partial charge is 0.394 e. The number of para-hydroxylation sites is 1. The molecule has 8 nitrogen and oxygen atoms in total. The number of amides is 3. The van der Waals surface area contributed by atoms with Crippen molar-refractivity contribution in [3.63, 3.8) is 0 Å². The molecule has 2 unspecified atom stereocenters. The molecule has 1 aromatic rings. The number of ether oxygens (including phenoxy) is 1. The van der Waals surface area contributed by atoms with Gasteiger partial charge in [-0.15, -0.1) is 13.2 Å². The maximum absolute atomic E-state index is 14.2. The summed E-state index contributed by atoms with van der Waals surface area (Å²) in [5, 5.41) is 10.2. The van der Waals surface area contributed by atoms with Crippen molar-refractivity contribution >= 4 is 23.4 Å². The van der Waals surface area contributed by atoms with Gasteiger partial charge in [0, 0.05) is 24.8 Å². The summed E-state index contributed by atoms with van der Waals surface area (Å²) in [6, 6.07) is 7.75. The zero-order valence-electron chi connectivity index (χ0n) is 22.1. The molecule has 0 aliphatic carbocycles. The van der Waals surface area contributed by atoms with Gasteiger partial charge >= 0.3 is 0 Å². The third-order valence-electron chi connectivity index (χ3n) is 8.21. The number of likely N-dealkylation sites (tertiary alicyclic amines) is 1. The first-order valence-corrected chi connectivity index (χ1v) is 13.3. The molecule has 0 aromatic heterocycles. The minimum absolute atomic E-state index is 0.121. The Bertz CT molecular complexity index is 1040. The molecule has 37 heavy (non-hydrogen) atoms. The van der Waals surface area contributed by atoms with Crippen molar-refractivity contribution in [2.75, 3.05) is 24.6 Å². The lowest BCUT2D eigenvalue weighted by Gasteiger charge is -2.40. The Morgan fingerprint density at radius 1 is 1.19 bits per heavy atom. The Balaban J connectivity index is 1.79. The molecule has 2 bridgehead atoms. The van der Waals surface area contributed by atoms with Crippen LogP contribution in [0.15, 0.2) is 55.6 Å². The van der Waals surface area contributed by atoms with Crippen LogP contribution in [0.4, 0.5) is 5.69 Å². The van der Waals surface area contributed by atoms with Gasteiger partial charge < -0.3 is 24.5 Å². The number of benzene rings is 1. The summed E-state index contributed by atoms with van der Waals surface area (Å²) in [5.74, 6) is -2.22. The van der Waals surface area contributed by atoms with Crippen LogP contribution in [-0.2, 0) is 19.1 Å². The van der Waals surface area contributed by atoms with Gasteiger partial charge in [-0.1, -0.05) is 37.3 Å². The van der Waals surface area contributed by atoms with Crippen molar-refractivity contribution in [2.45, 2.75) is 69.9 Å². The molecule has 1 spiro atoms. The molecule has 6 atom stereocenters.